The van der Waals surface area contributed by atoms with Gasteiger partial charge in [0.05, 0.1) is 0 Å². The number of rotatable bonds is 1. The van der Waals surface area contributed by atoms with Crippen molar-refractivity contribution in [2.75, 3.05) is 20.1 Å². The van der Waals surface area contributed by atoms with Gasteiger partial charge in [0.1, 0.15) is 11.5 Å². The molecule has 1 saturated heterocycles. The first-order valence-corrected chi connectivity index (χ1v) is 5.14. The van der Waals surface area contributed by atoms with Crippen LogP contribution >= 0.6 is 0 Å². The first-order chi connectivity index (χ1) is 7.15. The highest BCUT2D eigenvalue weighted by Crippen LogP contribution is 2.16. The summed E-state index contributed by atoms with van der Waals surface area (Å²) in [4.78, 5) is 13.8. The van der Waals surface area contributed by atoms with Crippen LogP contribution in [0.15, 0.2) is 22.1 Å². The first-order valence-electron chi connectivity index (χ1n) is 5.14. The van der Waals surface area contributed by atoms with Crippen molar-refractivity contribution >= 4 is 11.9 Å². The van der Waals surface area contributed by atoms with E-state index in [4.69, 9.17) is 4.42 Å². The minimum atomic E-state index is 0.238. The predicted molar refractivity (Wildman–Crippen MR) is 58.5 cm³/mol. The Hall–Kier alpha value is -1.35. The second-order valence-corrected chi connectivity index (χ2v) is 4.03. The normalized spacial score (nSPS) is 21.2. The highest BCUT2D eigenvalue weighted by atomic mass is 16.3. The topological polar surface area (TPSA) is 33.5 Å². The lowest BCUT2D eigenvalue weighted by Gasteiger charge is -2.22. The summed E-state index contributed by atoms with van der Waals surface area (Å²) < 4.78 is 5.42. The van der Waals surface area contributed by atoms with Crippen LogP contribution in [-0.2, 0) is 4.79 Å². The lowest BCUT2D eigenvalue weighted by molar-refractivity contribution is -0.117. The number of nitrogens with zero attached hydrogens (tertiary/aromatic N) is 1. The monoisotopic (exact) mass is 205 g/mol. The number of likely N-dealkylation sites (N-methyl/N-ethyl adjacent to an activating group) is 1. The number of furan rings is 1. The van der Waals surface area contributed by atoms with Crippen molar-refractivity contribution in [1.82, 2.24) is 4.90 Å². The van der Waals surface area contributed by atoms with Gasteiger partial charge in [0.2, 0.25) is 0 Å². The van der Waals surface area contributed by atoms with E-state index in [0.717, 1.165) is 30.2 Å². The number of carbonyl (C=O) groups excluding carboxylic acids is 1. The van der Waals surface area contributed by atoms with Crippen LogP contribution in [0.2, 0.25) is 0 Å². The van der Waals surface area contributed by atoms with E-state index in [0.29, 0.717) is 6.42 Å². The molecular formula is C12H15NO2. The summed E-state index contributed by atoms with van der Waals surface area (Å²) in [5.41, 5.74) is 0.845. The maximum atomic E-state index is 11.6. The molecule has 0 N–H and O–H groups in total. The number of aryl methyl sites for hydroxylation is 1. The summed E-state index contributed by atoms with van der Waals surface area (Å²) in [6.07, 6.45) is 2.47. The zero-order valence-corrected chi connectivity index (χ0v) is 9.12. The molecule has 0 spiro atoms. The number of ketones is 1. The zero-order chi connectivity index (χ0) is 10.8. The van der Waals surface area contributed by atoms with E-state index in [9.17, 15) is 4.79 Å². The van der Waals surface area contributed by atoms with E-state index in [1.807, 2.05) is 32.2 Å². The van der Waals surface area contributed by atoms with E-state index in [1.165, 1.54) is 0 Å². The molecule has 3 nitrogen and oxygen atoms in total. The maximum absolute atomic E-state index is 11.6. The molecule has 0 atom stereocenters. The van der Waals surface area contributed by atoms with Crippen molar-refractivity contribution in [3.05, 3.63) is 29.2 Å². The van der Waals surface area contributed by atoms with Gasteiger partial charge in [-0.2, -0.15) is 0 Å². The fourth-order valence-electron chi connectivity index (χ4n) is 1.74. The molecule has 1 aliphatic rings. The summed E-state index contributed by atoms with van der Waals surface area (Å²) in [5, 5.41) is 0. The van der Waals surface area contributed by atoms with Crippen LogP contribution in [0.3, 0.4) is 0 Å². The molecule has 80 valence electrons. The summed E-state index contributed by atoms with van der Waals surface area (Å²) in [7, 11) is 2.02. The quantitative estimate of drug-likeness (QED) is 0.656. The lowest BCUT2D eigenvalue weighted by Crippen LogP contribution is -2.32. The number of hydrogen-bond acceptors (Lipinski definition) is 3. The molecule has 0 amide bonds. The third-order valence-electron chi connectivity index (χ3n) is 2.60. The molecule has 0 unspecified atom stereocenters. The summed E-state index contributed by atoms with van der Waals surface area (Å²) in [6, 6.07) is 3.80. The number of hydrogen-bond donors (Lipinski definition) is 0. The second kappa shape index (κ2) is 4.03. The van der Waals surface area contributed by atoms with Gasteiger partial charge in [0.25, 0.3) is 0 Å². The van der Waals surface area contributed by atoms with Crippen LogP contribution in [0, 0.1) is 6.92 Å². The SMILES string of the molecule is Cc1ccc(/C=C2\CN(C)CCC2=O)o1. The molecule has 1 aromatic rings. The fraction of sp³-hybridized carbons (Fsp3) is 0.417. The van der Waals surface area contributed by atoms with Gasteiger partial charge in [-0.1, -0.05) is 0 Å². The molecule has 0 aromatic carbocycles. The highest BCUT2D eigenvalue weighted by molar-refractivity contribution is 6.00. The van der Waals surface area contributed by atoms with Crippen molar-refractivity contribution in [2.24, 2.45) is 0 Å². The molecule has 0 aliphatic carbocycles. The molecule has 1 fully saturated rings. The van der Waals surface area contributed by atoms with Gasteiger partial charge < -0.3 is 9.32 Å². The Balaban J connectivity index is 2.21. The van der Waals surface area contributed by atoms with Crippen molar-refractivity contribution in [2.45, 2.75) is 13.3 Å². The molecule has 0 saturated carbocycles. The molecule has 15 heavy (non-hydrogen) atoms. The average molecular weight is 205 g/mol. The number of Topliss-reactive ketones (excluding diaryl/α,β-unsaturated/α-hetero) is 1. The van der Waals surface area contributed by atoms with Crippen LogP contribution in [0.1, 0.15) is 17.9 Å². The molecule has 2 rings (SSSR count). The van der Waals surface area contributed by atoms with Gasteiger partial charge in [-0.3, -0.25) is 4.79 Å². The first kappa shape index (κ1) is 10.2. The van der Waals surface area contributed by atoms with E-state index in [-0.39, 0.29) is 5.78 Å². The Morgan fingerprint density at radius 3 is 2.93 bits per heavy atom. The summed E-state index contributed by atoms with van der Waals surface area (Å²) >= 11 is 0. The Labute approximate surface area is 89.4 Å². The van der Waals surface area contributed by atoms with Crippen LogP contribution in [0.25, 0.3) is 6.08 Å². The molecule has 0 radical (unpaired) electrons. The van der Waals surface area contributed by atoms with E-state index < -0.39 is 0 Å². The van der Waals surface area contributed by atoms with Crippen LogP contribution in [0.4, 0.5) is 0 Å². The number of likely N-dealkylation sites (tertiary alicyclic amines) is 1. The molecular weight excluding hydrogens is 190 g/mol. The maximum Gasteiger partial charge on any atom is 0.161 e. The summed E-state index contributed by atoms with van der Waals surface area (Å²) in [5.74, 6) is 1.88. The van der Waals surface area contributed by atoms with E-state index in [1.54, 1.807) is 0 Å². The zero-order valence-electron chi connectivity index (χ0n) is 9.12. The Morgan fingerprint density at radius 1 is 1.47 bits per heavy atom. The molecule has 3 heteroatoms. The largest absolute Gasteiger partial charge is 0.462 e. The third-order valence-corrected chi connectivity index (χ3v) is 2.60. The van der Waals surface area contributed by atoms with Crippen molar-refractivity contribution in [3.8, 4) is 0 Å². The Kier molecular flexibility index (Phi) is 2.73. The lowest BCUT2D eigenvalue weighted by atomic mass is 10.0. The third kappa shape index (κ3) is 2.36. The summed E-state index contributed by atoms with van der Waals surface area (Å²) in [6.45, 7) is 3.47. The smallest absolute Gasteiger partial charge is 0.161 e. The van der Waals surface area contributed by atoms with Gasteiger partial charge >= 0.3 is 0 Å². The molecule has 2 heterocycles. The van der Waals surface area contributed by atoms with Crippen LogP contribution in [-0.4, -0.2) is 30.8 Å². The van der Waals surface area contributed by atoms with Crippen LogP contribution < -0.4 is 0 Å². The van der Waals surface area contributed by atoms with Gasteiger partial charge in [-0.05, 0) is 32.2 Å². The van der Waals surface area contributed by atoms with Crippen molar-refractivity contribution in [3.63, 3.8) is 0 Å². The van der Waals surface area contributed by atoms with Gasteiger partial charge in [-0.25, -0.2) is 0 Å². The Bertz CT molecular complexity index is 404. The highest BCUT2D eigenvalue weighted by Gasteiger charge is 2.18. The van der Waals surface area contributed by atoms with Crippen LogP contribution in [0.5, 0.6) is 0 Å². The van der Waals surface area contributed by atoms with Gasteiger partial charge in [-0.15, -0.1) is 0 Å². The minimum Gasteiger partial charge on any atom is -0.462 e. The molecule has 1 aromatic heterocycles. The number of carbonyl (C=O) groups is 1. The average Bonchev–Trinajstić information content (AvgIpc) is 2.58. The second-order valence-electron chi connectivity index (χ2n) is 4.03. The predicted octanol–water partition coefficient (Wildman–Crippen LogP) is 1.88. The van der Waals surface area contributed by atoms with Gasteiger partial charge in [0.15, 0.2) is 5.78 Å². The fourth-order valence-corrected chi connectivity index (χ4v) is 1.74. The van der Waals surface area contributed by atoms with Gasteiger partial charge in [0, 0.05) is 25.1 Å². The number of piperidine rings is 1. The molecule has 1 aliphatic heterocycles. The van der Waals surface area contributed by atoms with E-state index >= 15 is 0 Å². The Morgan fingerprint density at radius 2 is 2.27 bits per heavy atom. The standard InChI is InChI=1S/C12H15NO2/c1-9-3-4-11(15-9)7-10-8-13(2)6-5-12(10)14/h3-4,7H,5-6,8H2,1-2H3/b10-7+. The van der Waals surface area contributed by atoms with Crippen molar-refractivity contribution < 1.29 is 9.21 Å². The van der Waals surface area contributed by atoms with E-state index in [2.05, 4.69) is 4.90 Å². The molecule has 0 bridgehead atoms. The minimum absolute atomic E-state index is 0.238. The van der Waals surface area contributed by atoms with Crippen molar-refractivity contribution in [1.29, 1.82) is 0 Å².